The van der Waals surface area contributed by atoms with Crippen LogP contribution in [0.2, 0.25) is 0 Å². The number of hydrogen-bond donors (Lipinski definition) is 3. The van der Waals surface area contributed by atoms with Gasteiger partial charge in [-0.15, -0.1) is 6.42 Å². The Morgan fingerprint density at radius 2 is 1.96 bits per heavy atom. The van der Waals surface area contributed by atoms with Gasteiger partial charge >= 0.3 is 0 Å². The highest BCUT2D eigenvalue weighted by Gasteiger charge is 2.61. The summed E-state index contributed by atoms with van der Waals surface area (Å²) in [5, 5.41) is 30.9. The van der Waals surface area contributed by atoms with Gasteiger partial charge in [-0.05, 0) is 79.5 Å². The molecule has 0 spiro atoms. The fourth-order valence-electron chi connectivity index (χ4n) is 6.25. The highest BCUT2D eigenvalue weighted by atomic mass is 19.3. The summed E-state index contributed by atoms with van der Waals surface area (Å²) in [5.41, 5.74) is 0.464. The molecule has 2 saturated carbocycles. The van der Waals surface area contributed by atoms with Gasteiger partial charge in [-0.3, -0.25) is 0 Å². The van der Waals surface area contributed by atoms with Gasteiger partial charge in [-0.25, -0.2) is 8.78 Å². The Bertz CT molecular complexity index is 801. The van der Waals surface area contributed by atoms with Crippen molar-refractivity contribution in [1.29, 1.82) is 0 Å². The van der Waals surface area contributed by atoms with Crippen LogP contribution in [0.3, 0.4) is 0 Å². The van der Waals surface area contributed by atoms with E-state index in [1.807, 2.05) is 0 Å². The molecule has 1 aromatic carbocycles. The maximum absolute atomic E-state index is 13.0. The molecule has 0 aromatic heterocycles. The number of aliphatic hydroxyl groups is 2. The third kappa shape index (κ3) is 2.53. The van der Waals surface area contributed by atoms with Gasteiger partial charge in [-0.1, -0.05) is 12.8 Å². The average Bonchev–Trinajstić information content (AvgIpc) is 2.92. The molecule has 3 aliphatic rings. The molecule has 146 valence electrons. The number of fused-ring (bicyclic) bond motifs is 5. The molecule has 1 aromatic rings. The number of hydrogen-bond acceptors (Lipinski definition) is 3. The zero-order valence-corrected chi connectivity index (χ0v) is 15.5. The van der Waals surface area contributed by atoms with E-state index in [-0.39, 0.29) is 22.6 Å². The Balaban J connectivity index is 1.72. The molecule has 5 heteroatoms. The second-order valence-electron chi connectivity index (χ2n) is 8.80. The summed E-state index contributed by atoms with van der Waals surface area (Å²) < 4.78 is 26.0. The van der Waals surface area contributed by atoms with Gasteiger partial charge in [0.25, 0.3) is 6.43 Å². The van der Waals surface area contributed by atoms with Crippen molar-refractivity contribution in [3.8, 4) is 18.1 Å². The topological polar surface area (TPSA) is 60.7 Å². The monoisotopic (exact) mass is 376 g/mol. The first-order valence-corrected chi connectivity index (χ1v) is 9.74. The second-order valence-corrected chi connectivity index (χ2v) is 8.80. The highest BCUT2D eigenvalue weighted by molar-refractivity contribution is 5.47. The van der Waals surface area contributed by atoms with E-state index in [2.05, 4.69) is 12.8 Å². The maximum atomic E-state index is 13.0. The molecule has 0 heterocycles. The Hall–Kier alpha value is -1.64. The van der Waals surface area contributed by atoms with Crippen molar-refractivity contribution in [3.63, 3.8) is 0 Å². The molecule has 27 heavy (non-hydrogen) atoms. The number of phenols is 1. The number of halogens is 2. The summed E-state index contributed by atoms with van der Waals surface area (Å²) in [6.07, 6.45) is 5.53. The predicted molar refractivity (Wildman–Crippen MR) is 97.5 cm³/mol. The molecule has 4 rings (SSSR count). The molecular formula is C22H26F2O3. The molecule has 0 amide bonds. The number of alkyl halides is 2. The van der Waals surface area contributed by atoms with Crippen molar-refractivity contribution in [2.24, 2.45) is 17.3 Å². The minimum Gasteiger partial charge on any atom is -0.508 e. The van der Waals surface area contributed by atoms with Crippen LogP contribution in [-0.2, 0) is 6.42 Å². The van der Waals surface area contributed by atoms with Crippen LogP contribution in [0.1, 0.15) is 67.7 Å². The van der Waals surface area contributed by atoms with Crippen LogP contribution < -0.4 is 0 Å². The van der Waals surface area contributed by atoms with E-state index in [4.69, 9.17) is 6.42 Å². The SMILES string of the molecule is C#CC1(O)CCC2[C@@H]3CCc4cc(O)c(C(O)C(F)F)cc4C3CCC21C. The van der Waals surface area contributed by atoms with E-state index in [0.29, 0.717) is 18.3 Å². The molecule has 5 unspecified atom stereocenters. The average molecular weight is 376 g/mol. The minimum atomic E-state index is -2.94. The molecule has 6 atom stereocenters. The zero-order valence-electron chi connectivity index (χ0n) is 15.5. The van der Waals surface area contributed by atoms with Gasteiger partial charge in [0, 0.05) is 11.0 Å². The molecule has 0 aliphatic heterocycles. The lowest BCUT2D eigenvalue weighted by molar-refractivity contribution is -0.0647. The van der Waals surface area contributed by atoms with Gasteiger partial charge < -0.3 is 15.3 Å². The first-order chi connectivity index (χ1) is 12.7. The first-order valence-electron chi connectivity index (χ1n) is 9.74. The number of aliphatic hydroxyl groups excluding tert-OH is 1. The van der Waals surface area contributed by atoms with Crippen molar-refractivity contribution >= 4 is 0 Å². The minimum absolute atomic E-state index is 0.0933. The summed E-state index contributed by atoms with van der Waals surface area (Å²) in [5.74, 6) is 3.20. The lowest BCUT2D eigenvalue weighted by atomic mass is 9.53. The fraction of sp³-hybridized carbons (Fsp3) is 0.636. The van der Waals surface area contributed by atoms with Crippen molar-refractivity contribution < 1.29 is 24.1 Å². The summed E-state index contributed by atoms with van der Waals surface area (Å²) in [6, 6.07) is 3.13. The second kappa shape index (κ2) is 6.18. The maximum Gasteiger partial charge on any atom is 0.268 e. The molecule has 2 fully saturated rings. The predicted octanol–water partition coefficient (Wildman–Crippen LogP) is 3.91. The number of rotatable bonds is 2. The van der Waals surface area contributed by atoms with Crippen LogP contribution >= 0.6 is 0 Å². The van der Waals surface area contributed by atoms with Crippen LogP contribution in [0.25, 0.3) is 0 Å². The Morgan fingerprint density at radius 3 is 2.63 bits per heavy atom. The normalized spacial score (nSPS) is 38.6. The standard InChI is InChI=1S/C22H26F2O3/c1-3-22(27)9-7-17-14-5-4-12-10-18(25)16(19(26)20(23)24)11-15(12)13(14)6-8-21(17,22)2/h1,10-11,13-14,17,19-20,25-27H,4-9H2,2H3/t13?,14-,17?,19?,21?,22?/m1/s1. The lowest BCUT2D eigenvalue weighted by Gasteiger charge is -2.52. The fourth-order valence-corrected chi connectivity index (χ4v) is 6.25. The van der Waals surface area contributed by atoms with Crippen LogP contribution in [0, 0.1) is 29.6 Å². The third-order valence-electron chi connectivity index (χ3n) is 7.82. The van der Waals surface area contributed by atoms with Crippen LogP contribution in [0.4, 0.5) is 8.78 Å². The summed E-state index contributed by atoms with van der Waals surface area (Å²) in [4.78, 5) is 0. The van der Waals surface area contributed by atoms with E-state index in [1.165, 1.54) is 0 Å². The summed E-state index contributed by atoms with van der Waals surface area (Å²) in [7, 11) is 0. The molecule has 0 saturated heterocycles. The van der Waals surface area contributed by atoms with E-state index < -0.39 is 18.1 Å². The van der Waals surface area contributed by atoms with Crippen molar-refractivity contribution in [2.75, 3.05) is 0 Å². The largest absolute Gasteiger partial charge is 0.508 e. The van der Waals surface area contributed by atoms with Gasteiger partial charge in [-0.2, -0.15) is 0 Å². The van der Waals surface area contributed by atoms with E-state index in [9.17, 15) is 24.1 Å². The molecule has 3 nitrogen and oxygen atoms in total. The molecule has 0 radical (unpaired) electrons. The van der Waals surface area contributed by atoms with Crippen molar-refractivity contribution in [2.45, 2.75) is 69.5 Å². The molecular weight excluding hydrogens is 350 g/mol. The van der Waals surface area contributed by atoms with Crippen LogP contribution in [-0.4, -0.2) is 27.3 Å². The third-order valence-corrected chi connectivity index (χ3v) is 7.82. The van der Waals surface area contributed by atoms with Crippen molar-refractivity contribution in [3.05, 3.63) is 28.8 Å². The van der Waals surface area contributed by atoms with E-state index in [0.717, 1.165) is 43.2 Å². The number of phenolic OH excluding ortho intramolecular Hbond substituents is 1. The molecule has 3 N–H and O–H groups in total. The van der Waals surface area contributed by atoms with Gasteiger partial charge in [0.1, 0.15) is 17.5 Å². The highest BCUT2D eigenvalue weighted by Crippen LogP contribution is 2.64. The van der Waals surface area contributed by atoms with Crippen LogP contribution in [0.15, 0.2) is 12.1 Å². The van der Waals surface area contributed by atoms with Crippen molar-refractivity contribution in [1.82, 2.24) is 0 Å². The molecule has 3 aliphatic carbocycles. The Kier molecular flexibility index (Phi) is 4.29. The van der Waals surface area contributed by atoms with Crippen LogP contribution in [0.5, 0.6) is 5.75 Å². The van der Waals surface area contributed by atoms with Gasteiger partial charge in [0.05, 0.1) is 0 Å². The smallest absolute Gasteiger partial charge is 0.268 e. The lowest BCUT2D eigenvalue weighted by Crippen LogP contribution is -2.50. The molecule has 0 bridgehead atoms. The zero-order chi connectivity index (χ0) is 19.6. The number of aryl methyl sites for hydroxylation is 1. The Labute approximate surface area is 158 Å². The quantitative estimate of drug-likeness (QED) is 0.686. The number of benzene rings is 1. The first kappa shape index (κ1) is 18.7. The Morgan fingerprint density at radius 1 is 1.22 bits per heavy atom. The van der Waals surface area contributed by atoms with Gasteiger partial charge in [0.15, 0.2) is 0 Å². The number of aromatic hydroxyl groups is 1. The number of terminal acetylenes is 1. The van der Waals surface area contributed by atoms with E-state index in [1.54, 1.807) is 12.1 Å². The van der Waals surface area contributed by atoms with E-state index >= 15 is 0 Å². The summed E-state index contributed by atoms with van der Waals surface area (Å²) >= 11 is 0. The van der Waals surface area contributed by atoms with Gasteiger partial charge in [0.2, 0.25) is 0 Å². The summed E-state index contributed by atoms with van der Waals surface area (Å²) in [6.45, 7) is 2.10.